The predicted molar refractivity (Wildman–Crippen MR) is 132 cm³/mol. The van der Waals surface area contributed by atoms with E-state index in [1.165, 1.54) is 24.1 Å². The van der Waals surface area contributed by atoms with Gasteiger partial charge in [0.1, 0.15) is 0 Å². The van der Waals surface area contributed by atoms with E-state index in [1.54, 1.807) is 24.3 Å². The molecule has 0 saturated carbocycles. The van der Waals surface area contributed by atoms with Gasteiger partial charge in [-0.3, -0.25) is 0 Å². The molecule has 10 nitrogen and oxygen atoms in total. The summed E-state index contributed by atoms with van der Waals surface area (Å²) in [6.45, 7) is 0.112. The van der Waals surface area contributed by atoms with Crippen LogP contribution in [0.1, 0.15) is 6.42 Å². The number of nitrogens with one attached hydrogen (secondary N) is 2. The fourth-order valence-corrected chi connectivity index (χ4v) is 6.50. The summed E-state index contributed by atoms with van der Waals surface area (Å²) >= 11 is 4.20. The number of anilines is 2. The van der Waals surface area contributed by atoms with E-state index in [2.05, 4.69) is 10.6 Å². The van der Waals surface area contributed by atoms with Crippen LogP contribution in [0.2, 0.25) is 5.02 Å². The van der Waals surface area contributed by atoms with E-state index in [0.717, 1.165) is 11.0 Å². The quantitative estimate of drug-likeness (QED) is 0.425. The first-order valence-corrected chi connectivity index (χ1v) is 13.4. The SMILES string of the molecule is COC1CC(C(=O)[AsH]c2ccc(N3C(=O)NCC3C(=O)O)cc2F)N(C(=O)Nc2ccc(Cl)cc2)C1. The number of ether oxygens (including phenoxy) is 1. The molecule has 4 atom stereocenters. The number of benzene rings is 2. The molecule has 2 aliphatic heterocycles. The van der Waals surface area contributed by atoms with Crippen molar-refractivity contribution in [3.63, 3.8) is 0 Å². The number of carboxylic acids is 1. The third-order valence-corrected chi connectivity index (χ3v) is 8.89. The maximum absolute atomic E-state index is 15.0. The minimum atomic E-state index is -1.68. The Hall–Kier alpha value is -3.14. The van der Waals surface area contributed by atoms with E-state index >= 15 is 0 Å². The van der Waals surface area contributed by atoms with Crippen LogP contribution in [0.5, 0.6) is 0 Å². The van der Waals surface area contributed by atoms with Crippen LogP contribution in [0.25, 0.3) is 0 Å². The van der Waals surface area contributed by atoms with E-state index in [4.69, 9.17) is 16.3 Å². The molecular formula is C23H23AsClFN4O6. The Bertz CT molecular complexity index is 1200. The number of rotatable bonds is 7. The summed E-state index contributed by atoms with van der Waals surface area (Å²) in [6.07, 6.45) is -0.0451. The molecule has 0 spiro atoms. The topological polar surface area (TPSA) is 128 Å². The van der Waals surface area contributed by atoms with Crippen molar-refractivity contribution < 1.29 is 33.4 Å². The zero-order chi connectivity index (χ0) is 26.0. The van der Waals surface area contributed by atoms with Crippen LogP contribution in [0.4, 0.5) is 25.4 Å². The number of carbonyl (C=O) groups excluding carboxylic acids is 3. The first-order valence-electron chi connectivity index (χ1n) is 10.9. The summed E-state index contributed by atoms with van der Waals surface area (Å²) in [4.78, 5) is 52.0. The van der Waals surface area contributed by atoms with Crippen molar-refractivity contribution in [2.45, 2.75) is 24.6 Å². The molecule has 0 aliphatic carbocycles. The van der Waals surface area contributed by atoms with Crippen LogP contribution in [-0.4, -0.2) is 86.7 Å². The second-order valence-corrected chi connectivity index (χ2v) is 11.4. The molecular weight excluding hydrogens is 558 g/mol. The number of halogens is 2. The fraction of sp³-hybridized carbons (Fsp3) is 0.304. The first kappa shape index (κ1) is 25.9. The molecule has 13 heteroatoms. The molecule has 4 amide bonds. The van der Waals surface area contributed by atoms with Crippen LogP contribution < -0.4 is 19.9 Å². The Kier molecular flexibility index (Phi) is 7.82. The molecule has 2 aromatic rings. The van der Waals surface area contributed by atoms with Gasteiger partial charge in [-0.2, -0.15) is 0 Å². The van der Waals surface area contributed by atoms with E-state index in [-0.39, 0.29) is 33.8 Å². The summed E-state index contributed by atoms with van der Waals surface area (Å²) in [5, 5.41) is 15.0. The van der Waals surface area contributed by atoms with Crippen molar-refractivity contribution in [1.82, 2.24) is 10.2 Å². The first-order chi connectivity index (χ1) is 17.2. The van der Waals surface area contributed by atoms with Crippen LogP contribution in [0.15, 0.2) is 42.5 Å². The summed E-state index contributed by atoms with van der Waals surface area (Å²) in [6, 6.07) is 7.38. The Labute approximate surface area is 217 Å². The number of amides is 4. The molecule has 2 saturated heterocycles. The van der Waals surface area contributed by atoms with Crippen LogP contribution in [0, 0.1) is 5.82 Å². The number of carbonyl (C=O) groups is 4. The van der Waals surface area contributed by atoms with Gasteiger partial charge in [-0.1, -0.05) is 0 Å². The molecule has 4 unspecified atom stereocenters. The van der Waals surface area contributed by atoms with Gasteiger partial charge in [0.2, 0.25) is 0 Å². The number of likely N-dealkylation sites (tertiary alicyclic amines) is 1. The fourth-order valence-electron chi connectivity index (χ4n) is 4.14. The third kappa shape index (κ3) is 5.48. The second kappa shape index (κ2) is 10.9. The van der Waals surface area contributed by atoms with Gasteiger partial charge in [0.25, 0.3) is 0 Å². The number of methoxy groups -OCH3 is 1. The van der Waals surface area contributed by atoms with Gasteiger partial charge in [0.05, 0.1) is 0 Å². The minimum absolute atomic E-state index is 0.0852. The zero-order valence-electron chi connectivity index (χ0n) is 19.0. The van der Waals surface area contributed by atoms with Crippen LogP contribution >= 0.6 is 11.6 Å². The van der Waals surface area contributed by atoms with Crippen molar-refractivity contribution in [1.29, 1.82) is 0 Å². The zero-order valence-corrected chi connectivity index (χ0v) is 21.9. The molecule has 2 heterocycles. The Morgan fingerprint density at radius 3 is 2.56 bits per heavy atom. The number of carboxylic acid groups (broad SMARTS) is 1. The van der Waals surface area contributed by atoms with Gasteiger partial charge in [-0.15, -0.1) is 0 Å². The van der Waals surface area contributed by atoms with Crippen molar-refractivity contribution in [3.8, 4) is 0 Å². The molecule has 2 aliphatic rings. The number of hydrogen-bond donors (Lipinski definition) is 3. The average Bonchev–Trinajstić information content (AvgIpc) is 3.46. The Morgan fingerprint density at radius 2 is 1.92 bits per heavy atom. The molecule has 2 fully saturated rings. The molecule has 2 aromatic carbocycles. The van der Waals surface area contributed by atoms with Gasteiger partial charge >= 0.3 is 218 Å². The monoisotopic (exact) mass is 580 g/mol. The molecule has 0 bridgehead atoms. The van der Waals surface area contributed by atoms with E-state index in [1.807, 2.05) is 0 Å². The normalized spacial score (nSPS) is 21.8. The Balaban J connectivity index is 1.48. The van der Waals surface area contributed by atoms with Crippen molar-refractivity contribution in [2.24, 2.45) is 0 Å². The summed E-state index contributed by atoms with van der Waals surface area (Å²) in [5.74, 6) is -1.92. The Morgan fingerprint density at radius 1 is 1.19 bits per heavy atom. The maximum atomic E-state index is 15.0. The predicted octanol–water partition coefficient (Wildman–Crippen LogP) is 1.37. The number of hydrogen-bond acceptors (Lipinski definition) is 5. The summed E-state index contributed by atoms with van der Waals surface area (Å²) in [5.41, 5.74) is 0.599. The van der Waals surface area contributed by atoms with Gasteiger partial charge in [-0.05, 0) is 0 Å². The third-order valence-electron chi connectivity index (χ3n) is 6.01. The van der Waals surface area contributed by atoms with Gasteiger partial charge in [0, 0.05) is 0 Å². The number of aliphatic carboxylic acids is 1. The molecule has 4 rings (SSSR count). The van der Waals surface area contributed by atoms with Gasteiger partial charge < -0.3 is 0 Å². The number of nitrogens with zero attached hydrogens (tertiary/aromatic N) is 2. The number of urea groups is 2. The van der Waals surface area contributed by atoms with Crippen molar-refractivity contribution in [2.75, 3.05) is 30.4 Å². The van der Waals surface area contributed by atoms with Crippen LogP contribution in [-0.2, 0) is 14.3 Å². The standard InChI is InChI=1S/C23H23AsClFN4O6/c1-36-15-9-18(29(11-15)23(35)28-13-4-2-12(25)3-5-13)20(31)24-16-7-6-14(8-17(16)26)30-19(21(32)33)10-27-22(30)34/h2-8,15,18-19,24H,9-11H2,1H3,(H,27,34)(H,28,35)(H,32,33). The molecule has 0 radical (unpaired) electrons. The summed E-state index contributed by atoms with van der Waals surface area (Å²) in [7, 11) is 1.50. The average molecular weight is 581 g/mol. The molecule has 3 N–H and O–H groups in total. The second-order valence-electron chi connectivity index (χ2n) is 8.26. The van der Waals surface area contributed by atoms with Gasteiger partial charge in [-0.25, -0.2) is 0 Å². The van der Waals surface area contributed by atoms with Crippen molar-refractivity contribution in [3.05, 3.63) is 53.3 Å². The van der Waals surface area contributed by atoms with E-state index in [0.29, 0.717) is 17.1 Å². The molecule has 0 aromatic heterocycles. The van der Waals surface area contributed by atoms with E-state index < -0.39 is 51.7 Å². The van der Waals surface area contributed by atoms with Crippen LogP contribution in [0.3, 0.4) is 0 Å². The van der Waals surface area contributed by atoms with E-state index in [9.17, 15) is 28.7 Å². The van der Waals surface area contributed by atoms with Crippen molar-refractivity contribution >= 4 is 65.7 Å². The molecule has 36 heavy (non-hydrogen) atoms. The summed E-state index contributed by atoms with van der Waals surface area (Å²) < 4.78 is 20.3. The molecule has 190 valence electrons. The van der Waals surface area contributed by atoms with Gasteiger partial charge in [0.15, 0.2) is 0 Å².